The average molecular weight is 273 g/mol. The van der Waals surface area contributed by atoms with Gasteiger partial charge in [-0.25, -0.2) is 4.79 Å². The van der Waals surface area contributed by atoms with Crippen LogP contribution in [0.1, 0.15) is 35.5 Å². The summed E-state index contributed by atoms with van der Waals surface area (Å²) in [5.74, 6) is -1.35. The van der Waals surface area contributed by atoms with E-state index in [-0.39, 0.29) is 6.61 Å². The molecule has 0 saturated heterocycles. The molecule has 0 fully saturated rings. The second-order valence-corrected chi connectivity index (χ2v) is 4.74. The van der Waals surface area contributed by atoms with Crippen LogP contribution in [0.4, 0.5) is 0 Å². The Bertz CT molecular complexity index is 683. The van der Waals surface area contributed by atoms with E-state index in [1.165, 1.54) is 0 Å². The number of aromatic nitrogens is 1. The van der Waals surface area contributed by atoms with E-state index in [1.807, 2.05) is 43.5 Å². The first kappa shape index (κ1) is 14.3. The Kier molecular flexibility index (Phi) is 3.93. The first-order valence-electron chi connectivity index (χ1n) is 6.82. The van der Waals surface area contributed by atoms with E-state index in [4.69, 9.17) is 4.74 Å². The monoisotopic (exact) mass is 273 g/mol. The highest BCUT2D eigenvalue weighted by atomic mass is 16.5. The predicted octanol–water partition coefficient (Wildman–Crippen LogP) is 3.02. The zero-order valence-electron chi connectivity index (χ0n) is 12.3. The van der Waals surface area contributed by atoms with Crippen molar-refractivity contribution in [1.82, 2.24) is 4.57 Å². The van der Waals surface area contributed by atoms with Gasteiger partial charge >= 0.3 is 5.97 Å². The molecular weight excluding hydrogens is 254 g/mol. The Morgan fingerprint density at radius 1 is 1.20 bits per heavy atom. The normalized spacial score (nSPS) is 10.8. The SMILES string of the molecule is CCOC(=O)C(=O)c1c(C)c2cccc(C)c2n1CC. The van der Waals surface area contributed by atoms with Crippen LogP contribution in [0.2, 0.25) is 0 Å². The van der Waals surface area contributed by atoms with Crippen LogP contribution in [0.5, 0.6) is 0 Å². The third-order valence-electron chi connectivity index (χ3n) is 3.53. The average Bonchev–Trinajstić information content (AvgIpc) is 2.72. The topological polar surface area (TPSA) is 48.3 Å². The number of ether oxygens (including phenoxy) is 1. The van der Waals surface area contributed by atoms with Crippen molar-refractivity contribution >= 4 is 22.7 Å². The number of nitrogens with zero attached hydrogens (tertiary/aromatic N) is 1. The molecule has 2 aromatic rings. The summed E-state index contributed by atoms with van der Waals surface area (Å²) in [5.41, 5.74) is 3.38. The zero-order chi connectivity index (χ0) is 14.9. The summed E-state index contributed by atoms with van der Waals surface area (Å²) in [6.07, 6.45) is 0. The molecule has 0 saturated carbocycles. The third kappa shape index (κ3) is 2.11. The number of fused-ring (bicyclic) bond motifs is 1. The Morgan fingerprint density at radius 2 is 1.90 bits per heavy atom. The number of carbonyl (C=O) groups excluding carboxylic acids is 2. The number of Topliss-reactive ketones (excluding diaryl/α,β-unsaturated/α-hetero) is 1. The molecule has 0 unspecified atom stereocenters. The Hall–Kier alpha value is -2.10. The van der Waals surface area contributed by atoms with Crippen molar-refractivity contribution < 1.29 is 14.3 Å². The fourth-order valence-electron chi connectivity index (χ4n) is 2.66. The summed E-state index contributed by atoms with van der Waals surface area (Å²) in [7, 11) is 0. The highest BCUT2D eigenvalue weighted by molar-refractivity contribution is 6.41. The van der Waals surface area contributed by atoms with E-state index in [1.54, 1.807) is 6.92 Å². The van der Waals surface area contributed by atoms with Crippen molar-refractivity contribution in [2.75, 3.05) is 6.61 Å². The van der Waals surface area contributed by atoms with Crippen LogP contribution in [0, 0.1) is 13.8 Å². The molecule has 0 radical (unpaired) electrons. The van der Waals surface area contributed by atoms with Gasteiger partial charge in [0.1, 0.15) is 5.69 Å². The minimum absolute atomic E-state index is 0.203. The molecule has 0 spiro atoms. The fraction of sp³-hybridized carbons (Fsp3) is 0.375. The van der Waals surface area contributed by atoms with Gasteiger partial charge in [0.2, 0.25) is 0 Å². The van der Waals surface area contributed by atoms with Gasteiger partial charge in [0.25, 0.3) is 5.78 Å². The Balaban J connectivity index is 2.70. The quantitative estimate of drug-likeness (QED) is 0.489. The van der Waals surface area contributed by atoms with Crippen LogP contribution in [0.3, 0.4) is 0 Å². The minimum atomic E-state index is -0.786. The molecule has 2 rings (SSSR count). The van der Waals surface area contributed by atoms with Crippen LogP contribution < -0.4 is 0 Å². The van der Waals surface area contributed by atoms with Gasteiger partial charge in [0.05, 0.1) is 12.1 Å². The Labute approximate surface area is 118 Å². The largest absolute Gasteiger partial charge is 0.460 e. The van der Waals surface area contributed by atoms with Crippen LogP contribution in [0.15, 0.2) is 18.2 Å². The number of aryl methyl sites for hydroxylation is 3. The van der Waals surface area contributed by atoms with Crippen molar-refractivity contribution in [1.29, 1.82) is 0 Å². The van der Waals surface area contributed by atoms with Gasteiger partial charge in [-0.15, -0.1) is 0 Å². The van der Waals surface area contributed by atoms with Crippen molar-refractivity contribution in [3.05, 3.63) is 35.0 Å². The summed E-state index contributed by atoms with van der Waals surface area (Å²) >= 11 is 0. The second-order valence-electron chi connectivity index (χ2n) is 4.74. The molecule has 4 nitrogen and oxygen atoms in total. The molecule has 106 valence electrons. The fourth-order valence-corrected chi connectivity index (χ4v) is 2.66. The van der Waals surface area contributed by atoms with Crippen LogP contribution >= 0.6 is 0 Å². The van der Waals surface area contributed by atoms with Gasteiger partial charge in [0.15, 0.2) is 0 Å². The number of para-hydroxylation sites is 1. The third-order valence-corrected chi connectivity index (χ3v) is 3.53. The lowest BCUT2D eigenvalue weighted by atomic mass is 10.1. The molecule has 0 aliphatic carbocycles. The second kappa shape index (κ2) is 5.49. The van der Waals surface area contributed by atoms with E-state index in [0.29, 0.717) is 12.2 Å². The van der Waals surface area contributed by atoms with Crippen LogP contribution in [-0.2, 0) is 16.1 Å². The summed E-state index contributed by atoms with van der Waals surface area (Å²) in [4.78, 5) is 24.1. The lowest BCUT2D eigenvalue weighted by Gasteiger charge is -2.08. The minimum Gasteiger partial charge on any atom is -0.460 e. The smallest absolute Gasteiger partial charge is 0.381 e. The molecule has 0 bridgehead atoms. The number of esters is 1. The number of carbonyl (C=O) groups is 2. The standard InChI is InChI=1S/C16H19NO3/c1-5-17-13-10(3)8-7-9-12(13)11(4)14(17)15(18)16(19)20-6-2/h7-9H,5-6H2,1-4H3. The van der Waals surface area contributed by atoms with Gasteiger partial charge in [-0.1, -0.05) is 18.2 Å². The van der Waals surface area contributed by atoms with E-state index in [9.17, 15) is 9.59 Å². The Morgan fingerprint density at radius 3 is 2.50 bits per heavy atom. The maximum atomic E-state index is 12.3. The molecule has 1 aromatic carbocycles. The van der Waals surface area contributed by atoms with Gasteiger partial charge in [-0.05, 0) is 38.8 Å². The van der Waals surface area contributed by atoms with Gasteiger partial charge in [0, 0.05) is 11.9 Å². The highest BCUT2D eigenvalue weighted by Gasteiger charge is 2.26. The first-order chi connectivity index (χ1) is 9.52. The molecule has 0 amide bonds. The first-order valence-corrected chi connectivity index (χ1v) is 6.82. The molecule has 0 N–H and O–H groups in total. The summed E-state index contributed by atoms with van der Waals surface area (Å²) < 4.78 is 6.74. The zero-order valence-corrected chi connectivity index (χ0v) is 12.3. The summed E-state index contributed by atoms with van der Waals surface area (Å²) in [6.45, 7) is 8.38. The van der Waals surface area contributed by atoms with E-state index in [2.05, 4.69) is 0 Å². The predicted molar refractivity (Wildman–Crippen MR) is 78.0 cm³/mol. The molecule has 4 heteroatoms. The van der Waals surface area contributed by atoms with Gasteiger partial charge < -0.3 is 9.30 Å². The van der Waals surface area contributed by atoms with Crippen molar-refractivity contribution in [3.63, 3.8) is 0 Å². The lowest BCUT2D eigenvalue weighted by Crippen LogP contribution is -2.21. The number of rotatable bonds is 4. The molecule has 1 aromatic heterocycles. The molecule has 1 heterocycles. The van der Waals surface area contributed by atoms with Crippen LogP contribution in [0.25, 0.3) is 10.9 Å². The van der Waals surface area contributed by atoms with Crippen molar-refractivity contribution in [2.45, 2.75) is 34.2 Å². The van der Waals surface area contributed by atoms with Crippen molar-refractivity contribution in [2.24, 2.45) is 0 Å². The lowest BCUT2D eigenvalue weighted by molar-refractivity contribution is -0.137. The molecular formula is C16H19NO3. The van der Waals surface area contributed by atoms with E-state index < -0.39 is 11.8 Å². The number of benzene rings is 1. The molecule has 0 aliphatic rings. The highest BCUT2D eigenvalue weighted by Crippen LogP contribution is 2.28. The number of ketones is 1. The molecule has 0 atom stereocenters. The maximum absolute atomic E-state index is 12.3. The van der Waals surface area contributed by atoms with Crippen LogP contribution in [-0.4, -0.2) is 22.9 Å². The maximum Gasteiger partial charge on any atom is 0.381 e. The number of hydrogen-bond donors (Lipinski definition) is 0. The van der Waals surface area contributed by atoms with Gasteiger partial charge in [-0.2, -0.15) is 0 Å². The molecule has 20 heavy (non-hydrogen) atoms. The summed E-state index contributed by atoms with van der Waals surface area (Å²) in [6, 6.07) is 5.95. The van der Waals surface area contributed by atoms with E-state index >= 15 is 0 Å². The summed E-state index contributed by atoms with van der Waals surface area (Å²) in [5, 5.41) is 1.01. The van der Waals surface area contributed by atoms with E-state index in [0.717, 1.165) is 22.0 Å². The van der Waals surface area contributed by atoms with Gasteiger partial charge in [-0.3, -0.25) is 4.79 Å². The van der Waals surface area contributed by atoms with Crippen molar-refractivity contribution in [3.8, 4) is 0 Å². The number of hydrogen-bond acceptors (Lipinski definition) is 3. The molecule has 0 aliphatic heterocycles.